The Morgan fingerprint density at radius 2 is 0.507 bits per heavy atom. The molecular formula is C60H104O9. The Bertz CT molecular complexity index is 1230. The first-order chi connectivity index (χ1) is 33.7. The second-order valence-corrected chi connectivity index (χ2v) is 19.8. The molecule has 0 atom stereocenters. The average molecular weight is 969 g/mol. The van der Waals surface area contributed by atoms with Gasteiger partial charge in [-0.25, -0.2) is 0 Å². The van der Waals surface area contributed by atoms with Gasteiger partial charge in [-0.3, -0.25) is 14.4 Å². The highest BCUT2D eigenvalue weighted by molar-refractivity contribution is 5.67. The van der Waals surface area contributed by atoms with Crippen molar-refractivity contribution in [3.63, 3.8) is 0 Å². The minimum absolute atomic E-state index is 0.0433. The molecule has 0 bridgehead atoms. The summed E-state index contributed by atoms with van der Waals surface area (Å²) < 4.78 is 0. The summed E-state index contributed by atoms with van der Waals surface area (Å²) in [7, 11) is 0. The smallest absolute Gasteiger partial charge is 0.303 e. The summed E-state index contributed by atoms with van der Waals surface area (Å²) in [5, 5.41) is 58.6. The highest BCUT2D eigenvalue weighted by Gasteiger charge is 2.48. The molecule has 0 aliphatic carbocycles. The van der Waals surface area contributed by atoms with Gasteiger partial charge in [0.05, 0.1) is 13.2 Å². The molecule has 0 heterocycles. The topological polar surface area (TPSA) is 173 Å². The molecule has 0 aromatic heterocycles. The maximum Gasteiger partial charge on any atom is 0.303 e. The number of carboxylic acid groups (broad SMARTS) is 3. The van der Waals surface area contributed by atoms with Gasteiger partial charge in [-0.15, -0.1) is 0 Å². The van der Waals surface area contributed by atoms with E-state index in [1.54, 1.807) is 0 Å². The minimum atomic E-state index is -0.715. The van der Waals surface area contributed by atoms with Crippen LogP contribution in [0.25, 0.3) is 0 Å². The van der Waals surface area contributed by atoms with Crippen LogP contribution in [0, 0.1) is 10.8 Å². The molecule has 0 rings (SSSR count). The van der Waals surface area contributed by atoms with Crippen LogP contribution in [0.5, 0.6) is 0 Å². The summed E-state index contributed by atoms with van der Waals surface area (Å²) >= 11 is 0. The fourth-order valence-corrected chi connectivity index (χ4v) is 9.63. The lowest BCUT2D eigenvalue weighted by atomic mass is 9.55. The van der Waals surface area contributed by atoms with Crippen molar-refractivity contribution in [3.8, 4) is 0 Å². The number of hydrogen-bond donors (Lipinski definition) is 6. The van der Waals surface area contributed by atoms with E-state index in [0.29, 0.717) is 6.42 Å². The highest BCUT2D eigenvalue weighted by atomic mass is 16.4. The molecule has 9 heteroatoms. The highest BCUT2D eigenvalue weighted by Crippen LogP contribution is 2.53. The van der Waals surface area contributed by atoms with E-state index in [1.807, 2.05) is 0 Å². The van der Waals surface area contributed by atoms with Crippen LogP contribution in [-0.4, -0.2) is 68.4 Å². The van der Waals surface area contributed by atoms with E-state index in [-0.39, 0.29) is 44.5 Å². The third-order valence-corrected chi connectivity index (χ3v) is 14.0. The molecule has 0 unspecified atom stereocenters. The molecule has 0 aliphatic rings. The van der Waals surface area contributed by atoms with Crippen molar-refractivity contribution in [2.45, 2.75) is 257 Å². The first-order valence-electron chi connectivity index (χ1n) is 28.1. The van der Waals surface area contributed by atoms with Crippen molar-refractivity contribution < 1.29 is 45.0 Å². The molecule has 0 aromatic carbocycles. The molecule has 0 amide bonds. The van der Waals surface area contributed by atoms with Crippen LogP contribution in [0.2, 0.25) is 0 Å². The van der Waals surface area contributed by atoms with Gasteiger partial charge in [-0.2, -0.15) is 0 Å². The van der Waals surface area contributed by atoms with Gasteiger partial charge in [0.15, 0.2) is 0 Å². The standard InChI is InChI=1S/C60H104O9/c61-53-52-60(54-62,55-63)59(49-43-37-31-25-19-13-7-1-4-10-16-22-28-34-40-46-56(64)65,50-44-38-32-26-20-14-8-2-5-11-17-23-29-35-41-47-57(66)67)51-45-39-33-27-21-15-9-3-6-12-18-24-30-36-42-48-58(68)69/h1-6,13-15,19-21,61-63H,7-12,16-18,22-55H2,(H,64,65)(H,66,67)(H,68,69). The Balaban J connectivity index is 5.15. The van der Waals surface area contributed by atoms with Crippen molar-refractivity contribution in [2.75, 3.05) is 19.8 Å². The molecule has 0 spiro atoms. The number of carboxylic acids is 3. The predicted octanol–water partition coefficient (Wildman–Crippen LogP) is 16.1. The van der Waals surface area contributed by atoms with Crippen molar-refractivity contribution >= 4 is 17.9 Å². The molecule has 9 nitrogen and oxygen atoms in total. The number of aliphatic carboxylic acids is 3. The van der Waals surface area contributed by atoms with E-state index in [4.69, 9.17) is 15.3 Å². The van der Waals surface area contributed by atoms with E-state index < -0.39 is 23.3 Å². The summed E-state index contributed by atoms with van der Waals surface area (Å²) in [6, 6.07) is 0. The molecule has 0 aromatic rings. The first kappa shape index (κ1) is 65.7. The zero-order chi connectivity index (χ0) is 50.6. The number of rotatable bonds is 53. The van der Waals surface area contributed by atoms with E-state index in [0.717, 1.165) is 231 Å². The molecule has 0 saturated heterocycles. The monoisotopic (exact) mass is 969 g/mol. The fraction of sp³-hybridized carbons (Fsp3) is 0.750. The van der Waals surface area contributed by atoms with Crippen molar-refractivity contribution in [1.29, 1.82) is 0 Å². The molecule has 0 fully saturated rings. The van der Waals surface area contributed by atoms with Gasteiger partial charge in [0.2, 0.25) is 0 Å². The van der Waals surface area contributed by atoms with Crippen LogP contribution in [0.15, 0.2) is 72.9 Å². The number of carbonyl (C=O) groups is 3. The Hall–Kier alpha value is -3.27. The van der Waals surface area contributed by atoms with Crippen LogP contribution < -0.4 is 0 Å². The third-order valence-electron chi connectivity index (χ3n) is 14.0. The number of unbranched alkanes of at least 4 members (excludes halogenated alkanes) is 24. The average Bonchev–Trinajstić information content (AvgIpc) is 3.33. The summed E-state index contributed by atoms with van der Waals surface area (Å²) in [5.74, 6) is -2.11. The second-order valence-electron chi connectivity index (χ2n) is 19.8. The van der Waals surface area contributed by atoms with Crippen molar-refractivity contribution in [3.05, 3.63) is 72.9 Å². The largest absolute Gasteiger partial charge is 0.481 e. The normalized spacial score (nSPS) is 13.4. The van der Waals surface area contributed by atoms with Gasteiger partial charge in [0.25, 0.3) is 0 Å². The van der Waals surface area contributed by atoms with Gasteiger partial charge >= 0.3 is 17.9 Å². The maximum absolute atomic E-state index is 11.0. The number of aliphatic hydroxyl groups excluding tert-OH is 3. The number of allylic oxidation sites excluding steroid dienone is 12. The molecule has 0 aliphatic heterocycles. The summed E-state index contributed by atoms with van der Waals surface area (Å²) in [6.07, 6.45) is 65.8. The SMILES string of the molecule is O=C(O)CCCCCCCC=CCC=CCCCCCC(CCCCCC=CCC=CCCCCCCCC(=O)O)(CCCCCC=CCC=CCCCCCCCC(=O)O)C(CO)(CO)CCO. The number of aliphatic hydroxyl groups is 3. The zero-order valence-electron chi connectivity index (χ0n) is 43.7. The Labute approximate surface area is 421 Å². The second kappa shape index (κ2) is 49.7. The fourth-order valence-electron chi connectivity index (χ4n) is 9.63. The Kier molecular flexibility index (Phi) is 47.3. The van der Waals surface area contributed by atoms with E-state index in [9.17, 15) is 29.7 Å². The van der Waals surface area contributed by atoms with E-state index in [1.165, 1.54) is 0 Å². The van der Waals surface area contributed by atoms with Gasteiger partial charge in [-0.05, 0) is 147 Å². The zero-order valence-corrected chi connectivity index (χ0v) is 43.7. The third kappa shape index (κ3) is 41.1. The lowest BCUT2D eigenvalue weighted by molar-refractivity contribution is -0.138. The quantitative estimate of drug-likeness (QED) is 0.0256. The molecule has 0 radical (unpaired) electrons. The summed E-state index contributed by atoms with van der Waals surface area (Å²) in [5.41, 5.74) is -0.954. The van der Waals surface area contributed by atoms with Gasteiger partial charge in [-0.1, -0.05) is 169 Å². The van der Waals surface area contributed by atoms with Gasteiger partial charge < -0.3 is 30.6 Å². The molecule has 398 valence electrons. The predicted molar refractivity (Wildman–Crippen MR) is 289 cm³/mol. The van der Waals surface area contributed by atoms with E-state index in [2.05, 4.69) is 72.9 Å². The molecular weight excluding hydrogens is 865 g/mol. The minimum Gasteiger partial charge on any atom is -0.481 e. The summed E-state index contributed by atoms with van der Waals surface area (Å²) in [4.78, 5) is 31.9. The Morgan fingerprint density at radius 1 is 0.275 bits per heavy atom. The summed E-state index contributed by atoms with van der Waals surface area (Å²) in [6.45, 7) is -0.267. The lowest BCUT2D eigenvalue weighted by Crippen LogP contribution is -2.48. The van der Waals surface area contributed by atoms with Crippen LogP contribution >= 0.6 is 0 Å². The Morgan fingerprint density at radius 3 is 0.739 bits per heavy atom. The van der Waals surface area contributed by atoms with Crippen LogP contribution in [0.1, 0.15) is 257 Å². The van der Waals surface area contributed by atoms with Crippen LogP contribution in [0.3, 0.4) is 0 Å². The molecule has 6 N–H and O–H groups in total. The van der Waals surface area contributed by atoms with Crippen LogP contribution in [-0.2, 0) is 14.4 Å². The maximum atomic E-state index is 11.0. The van der Waals surface area contributed by atoms with Gasteiger partial charge in [0, 0.05) is 31.3 Å². The number of hydrogen-bond acceptors (Lipinski definition) is 6. The molecule has 69 heavy (non-hydrogen) atoms. The molecule has 0 saturated carbocycles. The lowest BCUT2D eigenvalue weighted by Gasteiger charge is -2.50. The van der Waals surface area contributed by atoms with Gasteiger partial charge in [0.1, 0.15) is 0 Å². The van der Waals surface area contributed by atoms with Crippen molar-refractivity contribution in [2.24, 2.45) is 10.8 Å². The van der Waals surface area contributed by atoms with Crippen molar-refractivity contribution in [1.82, 2.24) is 0 Å². The van der Waals surface area contributed by atoms with Crippen LogP contribution in [0.4, 0.5) is 0 Å². The first-order valence-corrected chi connectivity index (χ1v) is 28.1. The van der Waals surface area contributed by atoms with E-state index >= 15 is 0 Å².